The number of benzene rings is 3. The molecule has 36 heavy (non-hydrogen) atoms. The van der Waals surface area contributed by atoms with Crippen molar-refractivity contribution in [3.05, 3.63) is 95.1 Å². The van der Waals surface area contributed by atoms with Crippen molar-refractivity contribution in [3.63, 3.8) is 0 Å². The van der Waals surface area contributed by atoms with E-state index in [4.69, 9.17) is 9.47 Å². The zero-order valence-electron chi connectivity index (χ0n) is 22.0. The number of carbonyl (C=O) groups is 1. The van der Waals surface area contributed by atoms with Gasteiger partial charge in [0.15, 0.2) is 5.78 Å². The lowest BCUT2D eigenvalue weighted by Crippen LogP contribution is -2.33. The summed E-state index contributed by atoms with van der Waals surface area (Å²) < 4.78 is 11.9. The molecule has 1 aliphatic heterocycles. The van der Waals surface area contributed by atoms with Gasteiger partial charge in [0.25, 0.3) is 0 Å². The molecule has 188 valence electrons. The highest BCUT2D eigenvalue weighted by molar-refractivity contribution is 6.17. The SMILES string of the molecule is CCN(CC)c1ccc(C(=C2C(=O)c3ccccc3OC2OC)c2ccc(N(CC)CC)cc2)cc1. The quantitative estimate of drug-likeness (QED) is 0.328. The molecular weight excluding hydrogens is 448 g/mol. The molecule has 5 heteroatoms. The van der Waals surface area contributed by atoms with E-state index in [1.54, 1.807) is 7.11 Å². The van der Waals surface area contributed by atoms with Crippen molar-refractivity contribution >= 4 is 22.7 Å². The Bertz CT molecular complexity index is 1150. The van der Waals surface area contributed by atoms with Gasteiger partial charge in [-0.2, -0.15) is 0 Å². The average molecular weight is 485 g/mol. The molecule has 0 saturated carbocycles. The summed E-state index contributed by atoms with van der Waals surface area (Å²) in [4.78, 5) is 18.5. The molecule has 0 aromatic heterocycles. The second-order valence-electron chi connectivity index (χ2n) is 8.74. The van der Waals surface area contributed by atoms with E-state index >= 15 is 0 Å². The molecule has 0 bridgehead atoms. The van der Waals surface area contributed by atoms with Gasteiger partial charge in [0.2, 0.25) is 6.29 Å². The molecule has 1 aliphatic rings. The number of rotatable bonds is 9. The fourth-order valence-electron chi connectivity index (χ4n) is 4.91. The lowest BCUT2D eigenvalue weighted by atomic mass is 9.87. The Hall–Kier alpha value is -3.57. The van der Waals surface area contributed by atoms with Gasteiger partial charge in [-0.1, -0.05) is 36.4 Å². The van der Waals surface area contributed by atoms with Gasteiger partial charge >= 0.3 is 0 Å². The number of methoxy groups -OCH3 is 1. The molecule has 4 rings (SSSR count). The smallest absolute Gasteiger partial charge is 0.230 e. The Morgan fingerprint density at radius 3 is 1.67 bits per heavy atom. The van der Waals surface area contributed by atoms with Gasteiger partial charge in [0.05, 0.1) is 11.1 Å². The number of ether oxygens (including phenoxy) is 2. The minimum atomic E-state index is -0.799. The van der Waals surface area contributed by atoms with Crippen molar-refractivity contribution in [2.75, 3.05) is 43.1 Å². The van der Waals surface area contributed by atoms with Crippen LogP contribution in [0, 0.1) is 0 Å². The maximum atomic E-state index is 13.9. The molecule has 1 heterocycles. The normalized spacial score (nSPS) is 14.8. The molecule has 0 aliphatic carbocycles. The zero-order chi connectivity index (χ0) is 25.7. The van der Waals surface area contributed by atoms with Gasteiger partial charge in [-0.15, -0.1) is 0 Å². The number of anilines is 2. The maximum absolute atomic E-state index is 13.9. The van der Waals surface area contributed by atoms with Crippen LogP contribution >= 0.6 is 0 Å². The summed E-state index contributed by atoms with van der Waals surface area (Å²) in [5, 5.41) is 0. The number of Topliss-reactive ketones (excluding diaryl/α,β-unsaturated/α-hetero) is 1. The molecule has 1 unspecified atom stereocenters. The first-order chi connectivity index (χ1) is 17.6. The third kappa shape index (κ3) is 4.89. The number of carbonyl (C=O) groups excluding carboxylic acids is 1. The van der Waals surface area contributed by atoms with E-state index in [2.05, 4.69) is 86.0 Å². The van der Waals surface area contributed by atoms with Gasteiger partial charge in [0.1, 0.15) is 5.75 Å². The van der Waals surface area contributed by atoms with Crippen LogP contribution in [-0.4, -0.2) is 45.4 Å². The Balaban J connectivity index is 1.90. The standard InChI is InChI=1S/C31H36N2O3/c1-6-32(7-2)24-18-14-22(15-19-24)28(23-16-20-25(21-17-23)33(8-3)9-4)29-30(34)26-12-10-11-13-27(26)36-31(29)35-5/h10-21,31H,6-9H2,1-5H3. The van der Waals surface area contributed by atoms with Crippen LogP contribution in [0.5, 0.6) is 5.75 Å². The van der Waals surface area contributed by atoms with Crippen molar-refractivity contribution in [3.8, 4) is 5.75 Å². The minimum absolute atomic E-state index is 0.0701. The van der Waals surface area contributed by atoms with E-state index in [1.807, 2.05) is 24.3 Å². The largest absolute Gasteiger partial charge is 0.460 e. The summed E-state index contributed by atoms with van der Waals surface area (Å²) in [5.74, 6) is 0.477. The minimum Gasteiger partial charge on any atom is -0.460 e. The monoisotopic (exact) mass is 484 g/mol. The molecular formula is C31H36N2O3. The molecule has 1 atom stereocenters. The van der Waals surface area contributed by atoms with Crippen molar-refractivity contribution in [1.29, 1.82) is 0 Å². The van der Waals surface area contributed by atoms with E-state index in [0.717, 1.165) is 54.3 Å². The Kier molecular flexibility index (Phi) is 8.11. The third-order valence-corrected chi connectivity index (χ3v) is 6.90. The topological polar surface area (TPSA) is 42.0 Å². The predicted octanol–water partition coefficient (Wildman–Crippen LogP) is 6.43. The fraction of sp³-hybridized carbons (Fsp3) is 0.323. The van der Waals surface area contributed by atoms with Crippen LogP contribution in [0.25, 0.3) is 5.57 Å². The van der Waals surface area contributed by atoms with Crippen LogP contribution < -0.4 is 14.5 Å². The molecule has 3 aromatic rings. The number of hydrogen-bond acceptors (Lipinski definition) is 5. The zero-order valence-corrected chi connectivity index (χ0v) is 22.0. The van der Waals surface area contributed by atoms with E-state index < -0.39 is 6.29 Å². The molecule has 3 aromatic carbocycles. The summed E-state index contributed by atoms with van der Waals surface area (Å²) in [6.07, 6.45) is -0.799. The van der Waals surface area contributed by atoms with Crippen LogP contribution in [-0.2, 0) is 4.74 Å². The molecule has 0 amide bonds. The van der Waals surface area contributed by atoms with Crippen LogP contribution in [0.2, 0.25) is 0 Å². The van der Waals surface area contributed by atoms with Crippen molar-refractivity contribution < 1.29 is 14.3 Å². The Labute approximate surface area is 215 Å². The van der Waals surface area contributed by atoms with E-state index in [1.165, 1.54) is 0 Å². The van der Waals surface area contributed by atoms with Crippen molar-refractivity contribution in [1.82, 2.24) is 0 Å². The number of para-hydroxylation sites is 1. The van der Waals surface area contributed by atoms with Crippen LogP contribution in [0.3, 0.4) is 0 Å². The maximum Gasteiger partial charge on any atom is 0.230 e. The van der Waals surface area contributed by atoms with Gasteiger partial charge < -0.3 is 19.3 Å². The fourth-order valence-corrected chi connectivity index (χ4v) is 4.91. The molecule has 0 fully saturated rings. The second kappa shape index (κ2) is 11.4. The highest BCUT2D eigenvalue weighted by Gasteiger charge is 2.35. The van der Waals surface area contributed by atoms with Gasteiger partial charge in [-0.05, 0) is 75.2 Å². The molecule has 0 spiro atoms. The number of nitrogens with zero attached hydrogens (tertiary/aromatic N) is 2. The van der Waals surface area contributed by atoms with Crippen LogP contribution in [0.15, 0.2) is 78.4 Å². The number of hydrogen-bond donors (Lipinski definition) is 0. The van der Waals surface area contributed by atoms with Crippen molar-refractivity contribution in [2.45, 2.75) is 34.0 Å². The number of fused-ring (bicyclic) bond motifs is 1. The molecule has 0 N–H and O–H groups in total. The molecule has 0 saturated heterocycles. The summed E-state index contributed by atoms with van der Waals surface area (Å²) in [5.41, 5.74) is 6.12. The second-order valence-corrected chi connectivity index (χ2v) is 8.74. The van der Waals surface area contributed by atoms with E-state index in [9.17, 15) is 4.79 Å². The van der Waals surface area contributed by atoms with Crippen molar-refractivity contribution in [2.24, 2.45) is 0 Å². The van der Waals surface area contributed by atoms with Gasteiger partial charge in [0, 0.05) is 50.2 Å². The Morgan fingerprint density at radius 2 is 1.22 bits per heavy atom. The van der Waals surface area contributed by atoms with E-state index in [-0.39, 0.29) is 5.78 Å². The summed E-state index contributed by atoms with van der Waals surface area (Å²) in [6, 6.07) is 24.2. The molecule has 0 radical (unpaired) electrons. The predicted molar refractivity (Wildman–Crippen MR) is 148 cm³/mol. The summed E-state index contributed by atoms with van der Waals surface area (Å²) >= 11 is 0. The van der Waals surface area contributed by atoms with E-state index in [0.29, 0.717) is 16.9 Å². The lowest BCUT2D eigenvalue weighted by Gasteiger charge is -2.29. The summed E-state index contributed by atoms with van der Waals surface area (Å²) in [7, 11) is 1.58. The summed E-state index contributed by atoms with van der Waals surface area (Å²) in [6.45, 7) is 12.4. The van der Waals surface area contributed by atoms with Crippen LogP contribution in [0.1, 0.15) is 49.2 Å². The number of ketones is 1. The highest BCUT2D eigenvalue weighted by atomic mass is 16.7. The third-order valence-electron chi connectivity index (χ3n) is 6.90. The average Bonchev–Trinajstić information content (AvgIpc) is 2.93. The Morgan fingerprint density at radius 1 is 0.750 bits per heavy atom. The first kappa shape index (κ1) is 25.5. The first-order valence-electron chi connectivity index (χ1n) is 12.8. The molecule has 5 nitrogen and oxygen atoms in total. The van der Waals surface area contributed by atoms with Gasteiger partial charge in [-0.25, -0.2) is 0 Å². The van der Waals surface area contributed by atoms with Gasteiger partial charge in [-0.3, -0.25) is 4.79 Å². The first-order valence-corrected chi connectivity index (χ1v) is 12.8. The highest BCUT2D eigenvalue weighted by Crippen LogP contribution is 2.38. The lowest BCUT2D eigenvalue weighted by molar-refractivity contribution is -0.0277. The van der Waals surface area contributed by atoms with Crippen LogP contribution in [0.4, 0.5) is 11.4 Å².